The third kappa shape index (κ3) is 2.67. The van der Waals surface area contributed by atoms with E-state index in [4.69, 9.17) is 27.9 Å². The molecule has 0 fully saturated rings. The molecule has 126 valence electrons. The van der Waals surface area contributed by atoms with Gasteiger partial charge in [0.25, 0.3) is 5.90 Å². The van der Waals surface area contributed by atoms with Gasteiger partial charge in [-0.3, -0.25) is 0 Å². The van der Waals surface area contributed by atoms with Crippen molar-refractivity contribution in [3.8, 4) is 0 Å². The van der Waals surface area contributed by atoms with Crippen molar-refractivity contribution in [2.75, 3.05) is 0 Å². The van der Waals surface area contributed by atoms with Crippen LogP contribution in [0.3, 0.4) is 0 Å². The first-order valence-corrected chi connectivity index (χ1v) is 7.22. The Balaban J connectivity index is 2.07. The zero-order valence-electron chi connectivity index (χ0n) is 11.6. The number of oxime groups is 1. The number of rotatable bonds is 2. The Morgan fingerprint density at radius 3 is 2.12 bits per heavy atom. The molecule has 1 heterocycles. The normalized spacial score (nSPS) is 20.3. The van der Waals surface area contributed by atoms with E-state index in [0.717, 1.165) is 12.1 Å². The smallest absolute Gasteiger partial charge is 0.419 e. The maximum atomic E-state index is 13.7. The molecule has 1 atom stereocenters. The highest BCUT2D eigenvalue weighted by atomic mass is 35.5. The van der Waals surface area contributed by atoms with Crippen LogP contribution in [0.15, 0.2) is 47.6 Å². The summed E-state index contributed by atoms with van der Waals surface area (Å²) in [4.78, 5) is 4.61. The van der Waals surface area contributed by atoms with Gasteiger partial charge in [0.1, 0.15) is 0 Å². The third-order valence-electron chi connectivity index (χ3n) is 3.26. The lowest BCUT2D eigenvalue weighted by Crippen LogP contribution is -2.44. The van der Waals surface area contributed by atoms with Crippen LogP contribution in [0.4, 0.5) is 17.6 Å². The molecule has 0 aliphatic carbocycles. The van der Waals surface area contributed by atoms with Gasteiger partial charge in [0.2, 0.25) is 0 Å². The zero-order chi connectivity index (χ0) is 17.5. The van der Waals surface area contributed by atoms with Gasteiger partial charge in [-0.1, -0.05) is 41.4 Å². The zero-order valence-corrected chi connectivity index (χ0v) is 13.1. The van der Waals surface area contributed by atoms with Gasteiger partial charge in [-0.2, -0.15) is 13.2 Å². The number of halogens is 6. The van der Waals surface area contributed by atoms with Gasteiger partial charge in [0.05, 0.1) is 15.6 Å². The van der Waals surface area contributed by atoms with Crippen molar-refractivity contribution in [3.63, 3.8) is 0 Å². The predicted octanol–water partition coefficient (Wildman–Crippen LogP) is 5.26. The first-order valence-electron chi connectivity index (χ1n) is 6.47. The largest absolute Gasteiger partial charge is 0.475 e. The van der Waals surface area contributed by atoms with Crippen LogP contribution in [0.1, 0.15) is 11.1 Å². The van der Waals surface area contributed by atoms with Crippen molar-refractivity contribution in [2.24, 2.45) is 5.16 Å². The molecule has 3 nitrogen and oxygen atoms in total. The fraction of sp³-hybridized carbons (Fsp3) is 0.133. The summed E-state index contributed by atoms with van der Waals surface area (Å²) < 4.78 is 59.5. The predicted molar refractivity (Wildman–Crippen MR) is 79.3 cm³/mol. The Kier molecular flexibility index (Phi) is 4.09. The van der Waals surface area contributed by atoms with Crippen molar-refractivity contribution in [2.45, 2.75) is 12.0 Å². The van der Waals surface area contributed by atoms with E-state index in [9.17, 15) is 17.6 Å². The number of benzene rings is 2. The molecule has 2 aromatic rings. The number of nitrogens with zero attached hydrogens (tertiary/aromatic N) is 1. The molecule has 0 saturated heterocycles. The molecule has 0 spiro atoms. The second-order valence-corrected chi connectivity index (χ2v) is 5.64. The lowest BCUT2D eigenvalue weighted by atomic mass is 10.0. The maximum Gasteiger partial charge on any atom is 0.475 e. The van der Waals surface area contributed by atoms with E-state index in [2.05, 4.69) is 9.99 Å². The fourth-order valence-electron chi connectivity index (χ4n) is 2.10. The summed E-state index contributed by atoms with van der Waals surface area (Å²) in [6.45, 7) is 0. The highest BCUT2D eigenvalue weighted by molar-refractivity contribution is 6.35. The summed E-state index contributed by atoms with van der Waals surface area (Å²) in [5.74, 6) is -4.68. The molecule has 0 bridgehead atoms. The molecule has 24 heavy (non-hydrogen) atoms. The molecule has 3 rings (SSSR count). The molecule has 1 unspecified atom stereocenters. The number of alkyl halides is 3. The summed E-state index contributed by atoms with van der Waals surface area (Å²) in [7, 11) is 0. The molecule has 0 N–H and O–H groups in total. The van der Waals surface area contributed by atoms with Crippen molar-refractivity contribution >= 4 is 29.1 Å². The Labute approximate surface area is 143 Å². The van der Waals surface area contributed by atoms with Gasteiger partial charge in [-0.25, -0.2) is 4.39 Å². The van der Waals surface area contributed by atoms with E-state index in [1.54, 1.807) is 18.2 Å². The first-order chi connectivity index (χ1) is 11.2. The molecule has 0 saturated carbocycles. The van der Waals surface area contributed by atoms with E-state index in [-0.39, 0.29) is 11.5 Å². The van der Waals surface area contributed by atoms with Crippen LogP contribution in [0.25, 0.3) is 0 Å². The summed E-state index contributed by atoms with van der Waals surface area (Å²) in [6.07, 6.45) is -5.03. The van der Waals surface area contributed by atoms with E-state index in [1.807, 2.05) is 0 Å². The summed E-state index contributed by atoms with van der Waals surface area (Å²) in [5.41, 5.74) is -0.344. The van der Waals surface area contributed by atoms with Crippen molar-refractivity contribution in [3.05, 3.63) is 69.5 Å². The molecule has 0 radical (unpaired) electrons. The van der Waals surface area contributed by atoms with E-state index >= 15 is 0 Å². The van der Waals surface area contributed by atoms with Crippen LogP contribution in [-0.2, 0) is 15.4 Å². The maximum absolute atomic E-state index is 13.7. The minimum absolute atomic E-state index is 0.280. The van der Waals surface area contributed by atoms with E-state index < -0.39 is 33.4 Å². The van der Waals surface area contributed by atoms with E-state index in [0.29, 0.717) is 0 Å². The van der Waals surface area contributed by atoms with Crippen molar-refractivity contribution in [1.82, 2.24) is 0 Å². The quantitative estimate of drug-likeness (QED) is 0.526. The topological polar surface area (TPSA) is 30.8 Å². The Morgan fingerprint density at radius 2 is 1.58 bits per heavy atom. The van der Waals surface area contributed by atoms with Crippen LogP contribution >= 0.6 is 23.2 Å². The van der Waals surface area contributed by atoms with Gasteiger partial charge < -0.3 is 9.57 Å². The SMILES string of the molecule is Fc1c(Cl)cc(C2(C(F)(F)F)ON=C(c3ccccc3)O2)cc1Cl. The average Bonchev–Trinajstić information content (AvgIpc) is 2.99. The van der Waals surface area contributed by atoms with Crippen LogP contribution in [0, 0.1) is 5.82 Å². The van der Waals surface area contributed by atoms with Gasteiger partial charge >= 0.3 is 12.0 Å². The Morgan fingerprint density at radius 1 is 1.00 bits per heavy atom. The molecule has 0 amide bonds. The number of ether oxygens (including phenoxy) is 1. The van der Waals surface area contributed by atoms with Crippen LogP contribution in [-0.4, -0.2) is 12.1 Å². The lowest BCUT2D eigenvalue weighted by Gasteiger charge is -2.28. The van der Waals surface area contributed by atoms with Crippen LogP contribution in [0.2, 0.25) is 10.0 Å². The van der Waals surface area contributed by atoms with Crippen LogP contribution in [0.5, 0.6) is 0 Å². The van der Waals surface area contributed by atoms with Crippen LogP contribution < -0.4 is 0 Å². The molecule has 0 aromatic heterocycles. The molecule has 9 heteroatoms. The second-order valence-electron chi connectivity index (χ2n) is 4.82. The summed E-state index contributed by atoms with van der Waals surface area (Å²) >= 11 is 11.2. The number of hydrogen-bond donors (Lipinski definition) is 0. The van der Waals surface area contributed by atoms with E-state index in [1.165, 1.54) is 12.1 Å². The summed E-state index contributed by atoms with van der Waals surface area (Å²) in [5, 5.41) is 2.19. The fourth-order valence-corrected chi connectivity index (χ4v) is 2.59. The highest BCUT2D eigenvalue weighted by Gasteiger charge is 2.66. The molecular formula is C15H7Cl2F4NO2. The molecule has 1 aliphatic rings. The Hall–Kier alpha value is -1.99. The van der Waals surface area contributed by atoms with Gasteiger partial charge in [0.15, 0.2) is 5.82 Å². The minimum Gasteiger partial charge on any atom is -0.419 e. The van der Waals surface area contributed by atoms with Gasteiger partial charge in [-0.15, -0.1) is 0 Å². The van der Waals surface area contributed by atoms with Gasteiger partial charge in [-0.05, 0) is 29.4 Å². The van der Waals surface area contributed by atoms with Crippen molar-refractivity contribution < 1.29 is 27.1 Å². The molecular weight excluding hydrogens is 373 g/mol. The van der Waals surface area contributed by atoms with Crippen molar-refractivity contribution in [1.29, 1.82) is 0 Å². The lowest BCUT2D eigenvalue weighted by molar-refractivity contribution is -0.352. The first kappa shape index (κ1) is 16.9. The molecule has 1 aliphatic heterocycles. The second kappa shape index (κ2) is 5.82. The highest BCUT2D eigenvalue weighted by Crippen LogP contribution is 2.48. The standard InChI is InChI=1S/C15H7Cl2F4NO2/c16-10-6-9(7-11(17)12(10)18)14(15(19,20)21)23-13(22-24-14)8-4-2-1-3-5-8/h1-7H. The molecule has 2 aromatic carbocycles. The summed E-state index contributed by atoms with van der Waals surface area (Å²) in [6, 6.07) is 9.34. The third-order valence-corrected chi connectivity index (χ3v) is 3.81. The average molecular weight is 380 g/mol. The monoisotopic (exact) mass is 379 g/mol. The number of hydrogen-bond acceptors (Lipinski definition) is 3. The minimum atomic E-state index is -5.03. The Bertz CT molecular complexity index is 788. The van der Waals surface area contributed by atoms with Gasteiger partial charge in [0, 0.05) is 5.56 Å².